The quantitative estimate of drug-likeness (QED) is 0.295. The second kappa shape index (κ2) is 11.7. The molecule has 0 saturated heterocycles. The number of benzene rings is 1. The molecule has 1 atom stereocenters. The molecule has 2 aromatic rings. The first-order valence-corrected chi connectivity index (χ1v) is 9.08. The Hall–Kier alpha value is -0.970. The van der Waals surface area contributed by atoms with Gasteiger partial charge in [0, 0.05) is 24.0 Å². The first-order chi connectivity index (χ1) is 12.0. The van der Waals surface area contributed by atoms with Crippen molar-refractivity contribution in [1.29, 1.82) is 0 Å². The molecular formula is C17H21ClF2IN3OS. The molecule has 0 aliphatic carbocycles. The maximum Gasteiger partial charge on any atom is 0.191 e. The van der Waals surface area contributed by atoms with Crippen molar-refractivity contribution in [2.45, 2.75) is 19.4 Å². The van der Waals surface area contributed by atoms with Gasteiger partial charge in [0.2, 0.25) is 0 Å². The first-order valence-electron chi connectivity index (χ1n) is 7.88. The van der Waals surface area contributed by atoms with Crippen LogP contribution < -0.4 is 10.6 Å². The minimum atomic E-state index is -0.731. The van der Waals surface area contributed by atoms with Crippen LogP contribution in [0.3, 0.4) is 0 Å². The van der Waals surface area contributed by atoms with E-state index in [0.29, 0.717) is 35.4 Å². The third-order valence-electron chi connectivity index (χ3n) is 3.32. The van der Waals surface area contributed by atoms with E-state index >= 15 is 0 Å². The molecule has 1 aromatic heterocycles. The summed E-state index contributed by atoms with van der Waals surface area (Å²) >= 11 is 7.17. The van der Waals surface area contributed by atoms with Crippen LogP contribution in [-0.4, -0.2) is 30.7 Å². The van der Waals surface area contributed by atoms with Crippen molar-refractivity contribution in [1.82, 2.24) is 10.6 Å². The maximum atomic E-state index is 13.2. The minimum Gasteiger partial charge on any atom is -0.386 e. The topological polar surface area (TPSA) is 56.7 Å². The number of nitrogens with zero attached hydrogens (tertiary/aromatic N) is 1. The van der Waals surface area contributed by atoms with Crippen LogP contribution in [0, 0.1) is 11.6 Å². The average molecular weight is 516 g/mol. The van der Waals surface area contributed by atoms with Crippen molar-refractivity contribution in [3.63, 3.8) is 0 Å². The molecule has 4 nitrogen and oxygen atoms in total. The molecule has 1 heterocycles. The van der Waals surface area contributed by atoms with Gasteiger partial charge in [-0.2, -0.15) is 0 Å². The number of aliphatic hydroxyl groups excluding tert-OH is 1. The van der Waals surface area contributed by atoms with Gasteiger partial charge in [-0.15, -0.1) is 35.3 Å². The van der Waals surface area contributed by atoms with Crippen molar-refractivity contribution < 1.29 is 13.9 Å². The Morgan fingerprint density at radius 3 is 2.50 bits per heavy atom. The molecule has 26 heavy (non-hydrogen) atoms. The molecule has 1 aromatic carbocycles. The predicted octanol–water partition coefficient (Wildman–Crippen LogP) is 4.13. The Balaban J connectivity index is 0.00000338. The number of aliphatic imine (C=N–C) groups is 1. The summed E-state index contributed by atoms with van der Waals surface area (Å²) < 4.78 is 27.0. The molecule has 0 aliphatic rings. The molecule has 1 unspecified atom stereocenters. The number of thiophene rings is 1. The van der Waals surface area contributed by atoms with Crippen molar-refractivity contribution in [2.75, 3.05) is 19.6 Å². The fourth-order valence-corrected chi connectivity index (χ4v) is 3.24. The van der Waals surface area contributed by atoms with Gasteiger partial charge in [0.15, 0.2) is 5.96 Å². The fourth-order valence-electron chi connectivity index (χ4n) is 2.20. The van der Waals surface area contributed by atoms with Crippen molar-refractivity contribution in [3.8, 4) is 0 Å². The Morgan fingerprint density at radius 2 is 1.92 bits per heavy atom. The monoisotopic (exact) mass is 515 g/mol. The van der Waals surface area contributed by atoms with E-state index in [1.807, 2.05) is 6.92 Å². The zero-order valence-corrected chi connectivity index (χ0v) is 18.0. The Bertz CT molecular complexity index is 710. The third-order valence-corrected chi connectivity index (χ3v) is 4.65. The molecule has 2 rings (SSSR count). The van der Waals surface area contributed by atoms with Crippen LogP contribution in [0.25, 0.3) is 0 Å². The predicted molar refractivity (Wildman–Crippen MR) is 114 cm³/mol. The lowest BCUT2D eigenvalue weighted by Gasteiger charge is -2.12. The summed E-state index contributed by atoms with van der Waals surface area (Å²) in [4.78, 5) is 5.08. The molecule has 0 radical (unpaired) electrons. The van der Waals surface area contributed by atoms with Crippen LogP contribution >= 0.6 is 46.9 Å². The Kier molecular flexibility index (Phi) is 10.4. The smallest absolute Gasteiger partial charge is 0.191 e. The molecule has 0 saturated carbocycles. The van der Waals surface area contributed by atoms with Gasteiger partial charge in [-0.25, -0.2) is 8.78 Å². The second-order valence-corrected chi connectivity index (χ2v) is 7.08. The summed E-state index contributed by atoms with van der Waals surface area (Å²) in [6, 6.07) is 6.96. The number of aliphatic hydroxyl groups is 1. The fraction of sp³-hybridized carbons (Fsp3) is 0.353. The standard InChI is InChI=1S/C17H20ClF2N3OS.HI/c1-2-21-17(23-10-14(24)15-3-4-16(18)25-15)22-6-5-11-7-12(19)9-13(20)8-11;/h3-4,7-9,14,24H,2,5-6,10H2,1H3,(H2,21,22,23);1H. The van der Waals surface area contributed by atoms with E-state index in [-0.39, 0.29) is 30.5 Å². The van der Waals surface area contributed by atoms with E-state index in [1.54, 1.807) is 12.1 Å². The summed E-state index contributed by atoms with van der Waals surface area (Å²) in [7, 11) is 0. The van der Waals surface area contributed by atoms with E-state index in [2.05, 4.69) is 15.6 Å². The number of hydrogen-bond acceptors (Lipinski definition) is 3. The van der Waals surface area contributed by atoms with Crippen LogP contribution in [0.2, 0.25) is 4.34 Å². The van der Waals surface area contributed by atoms with Gasteiger partial charge in [-0.05, 0) is 43.2 Å². The zero-order chi connectivity index (χ0) is 18.2. The summed E-state index contributed by atoms with van der Waals surface area (Å²) in [6.45, 7) is 3.21. The number of guanidine groups is 1. The summed E-state index contributed by atoms with van der Waals surface area (Å²) in [5.74, 6) is -0.650. The van der Waals surface area contributed by atoms with Crippen LogP contribution in [0.15, 0.2) is 35.3 Å². The van der Waals surface area contributed by atoms with Gasteiger partial charge in [-0.1, -0.05) is 11.6 Å². The van der Waals surface area contributed by atoms with Gasteiger partial charge < -0.3 is 15.7 Å². The Morgan fingerprint density at radius 1 is 1.23 bits per heavy atom. The molecule has 0 fully saturated rings. The Labute approximate surface area is 177 Å². The van der Waals surface area contributed by atoms with E-state index in [0.717, 1.165) is 10.9 Å². The molecule has 0 amide bonds. The lowest BCUT2D eigenvalue weighted by molar-refractivity contribution is 0.191. The highest BCUT2D eigenvalue weighted by molar-refractivity contribution is 14.0. The highest BCUT2D eigenvalue weighted by atomic mass is 127. The number of rotatable bonds is 7. The number of halogens is 4. The van der Waals surface area contributed by atoms with Gasteiger partial charge in [0.1, 0.15) is 17.7 Å². The van der Waals surface area contributed by atoms with Gasteiger partial charge in [0.05, 0.1) is 10.9 Å². The van der Waals surface area contributed by atoms with E-state index < -0.39 is 17.7 Å². The largest absolute Gasteiger partial charge is 0.386 e. The van der Waals surface area contributed by atoms with Crippen molar-refractivity contribution >= 4 is 52.9 Å². The molecule has 0 spiro atoms. The highest BCUT2D eigenvalue weighted by Gasteiger charge is 2.10. The molecule has 144 valence electrons. The average Bonchev–Trinajstić information content (AvgIpc) is 2.98. The molecule has 9 heteroatoms. The van der Waals surface area contributed by atoms with Gasteiger partial charge in [0.25, 0.3) is 0 Å². The summed E-state index contributed by atoms with van der Waals surface area (Å²) in [5.41, 5.74) is 0.564. The second-order valence-electron chi connectivity index (χ2n) is 5.33. The number of nitrogens with one attached hydrogen (secondary N) is 2. The van der Waals surface area contributed by atoms with E-state index in [4.69, 9.17) is 11.6 Å². The summed E-state index contributed by atoms with van der Waals surface area (Å²) in [6.07, 6.45) is -0.285. The minimum absolute atomic E-state index is 0. The normalized spacial score (nSPS) is 12.4. The lowest BCUT2D eigenvalue weighted by Crippen LogP contribution is -2.38. The first kappa shape index (κ1) is 23.1. The molecule has 3 N–H and O–H groups in total. The summed E-state index contributed by atoms with van der Waals surface area (Å²) in [5, 5.41) is 16.3. The van der Waals surface area contributed by atoms with E-state index in [9.17, 15) is 13.9 Å². The van der Waals surface area contributed by atoms with Crippen molar-refractivity contribution in [3.05, 3.63) is 56.7 Å². The SMILES string of the molecule is CCNC(=NCC(O)c1ccc(Cl)s1)NCCc1cc(F)cc(F)c1.I. The zero-order valence-electron chi connectivity index (χ0n) is 14.1. The van der Waals surface area contributed by atoms with Crippen LogP contribution in [0.1, 0.15) is 23.5 Å². The molecule has 0 bridgehead atoms. The van der Waals surface area contributed by atoms with E-state index in [1.165, 1.54) is 23.5 Å². The lowest BCUT2D eigenvalue weighted by atomic mass is 10.1. The molecule has 0 aliphatic heterocycles. The number of hydrogen-bond donors (Lipinski definition) is 3. The van der Waals surface area contributed by atoms with Crippen LogP contribution in [0.5, 0.6) is 0 Å². The molecular weight excluding hydrogens is 495 g/mol. The van der Waals surface area contributed by atoms with Gasteiger partial charge in [-0.3, -0.25) is 4.99 Å². The third kappa shape index (κ3) is 7.73. The van der Waals surface area contributed by atoms with Crippen molar-refractivity contribution in [2.24, 2.45) is 4.99 Å². The highest BCUT2D eigenvalue weighted by Crippen LogP contribution is 2.26. The van der Waals surface area contributed by atoms with Crippen LogP contribution in [0.4, 0.5) is 8.78 Å². The van der Waals surface area contributed by atoms with Crippen LogP contribution in [-0.2, 0) is 6.42 Å². The maximum absolute atomic E-state index is 13.2. The van der Waals surface area contributed by atoms with Gasteiger partial charge >= 0.3 is 0 Å².